The molecule has 4 heteroatoms. The molecule has 1 saturated heterocycles. The summed E-state index contributed by atoms with van der Waals surface area (Å²) in [5.41, 5.74) is 3.13. The van der Waals surface area contributed by atoms with E-state index in [1.807, 2.05) is 17.4 Å². The summed E-state index contributed by atoms with van der Waals surface area (Å²) in [5.74, 6) is 1.34. The van der Waals surface area contributed by atoms with Crippen molar-refractivity contribution in [3.63, 3.8) is 0 Å². The largest absolute Gasteiger partial charge is 0.440 e. The first-order valence-corrected chi connectivity index (χ1v) is 8.28. The molecule has 1 aliphatic rings. The Bertz CT molecular complexity index is 747. The number of aromatic nitrogens is 1. The summed E-state index contributed by atoms with van der Waals surface area (Å²) in [4.78, 5) is 8.63. The molecule has 3 aromatic rings. The van der Waals surface area contributed by atoms with Gasteiger partial charge in [0.05, 0.1) is 0 Å². The molecule has 3 nitrogen and oxygen atoms in total. The van der Waals surface area contributed by atoms with Gasteiger partial charge in [0.15, 0.2) is 11.5 Å². The van der Waals surface area contributed by atoms with Gasteiger partial charge >= 0.3 is 0 Å². The summed E-state index contributed by atoms with van der Waals surface area (Å²) in [6.07, 6.45) is 1.14. The van der Waals surface area contributed by atoms with Gasteiger partial charge in [-0.1, -0.05) is 12.1 Å². The molecule has 4 rings (SSSR count). The van der Waals surface area contributed by atoms with E-state index in [2.05, 4.69) is 41.5 Å². The molecule has 0 spiro atoms. The van der Waals surface area contributed by atoms with Gasteiger partial charge in [-0.25, -0.2) is 4.98 Å². The number of hydrogen-bond acceptors (Lipinski definition) is 4. The van der Waals surface area contributed by atoms with E-state index < -0.39 is 0 Å². The van der Waals surface area contributed by atoms with Crippen LogP contribution < -0.4 is 0 Å². The Hall–Kier alpha value is -1.65. The zero-order valence-corrected chi connectivity index (χ0v) is 12.9. The Morgan fingerprint density at radius 1 is 1.38 bits per heavy atom. The van der Waals surface area contributed by atoms with Crippen LogP contribution in [0.1, 0.15) is 28.7 Å². The van der Waals surface area contributed by atoms with Gasteiger partial charge in [0.25, 0.3) is 0 Å². The predicted octanol–water partition coefficient (Wildman–Crippen LogP) is 4.19. The van der Waals surface area contributed by atoms with Crippen molar-refractivity contribution in [3.8, 4) is 0 Å². The highest BCUT2D eigenvalue weighted by atomic mass is 32.1. The van der Waals surface area contributed by atoms with Gasteiger partial charge in [-0.15, -0.1) is 11.3 Å². The number of oxazole rings is 1. The molecule has 0 unspecified atom stereocenters. The molecule has 1 aromatic carbocycles. The lowest BCUT2D eigenvalue weighted by atomic mass is 10.1. The maximum absolute atomic E-state index is 5.96. The maximum atomic E-state index is 5.96. The second-order valence-electron chi connectivity index (χ2n) is 5.82. The fourth-order valence-electron chi connectivity index (χ4n) is 3.03. The van der Waals surface area contributed by atoms with Crippen LogP contribution in [0.3, 0.4) is 0 Å². The highest BCUT2D eigenvalue weighted by Crippen LogP contribution is 2.30. The minimum Gasteiger partial charge on any atom is -0.440 e. The molecule has 1 atom stereocenters. The van der Waals surface area contributed by atoms with Crippen LogP contribution in [0.2, 0.25) is 0 Å². The molecule has 21 heavy (non-hydrogen) atoms. The minimum atomic E-state index is 0.428. The van der Waals surface area contributed by atoms with Crippen molar-refractivity contribution in [3.05, 3.63) is 52.0 Å². The van der Waals surface area contributed by atoms with Crippen molar-refractivity contribution in [1.82, 2.24) is 9.88 Å². The first-order chi connectivity index (χ1) is 10.3. The lowest BCUT2D eigenvalue weighted by molar-refractivity contribution is 0.323. The topological polar surface area (TPSA) is 29.3 Å². The van der Waals surface area contributed by atoms with Crippen LogP contribution in [0.5, 0.6) is 0 Å². The van der Waals surface area contributed by atoms with Crippen molar-refractivity contribution in [1.29, 1.82) is 0 Å². The van der Waals surface area contributed by atoms with E-state index in [0.717, 1.165) is 43.0 Å². The molecule has 3 heterocycles. The molecule has 0 N–H and O–H groups in total. The summed E-state index contributed by atoms with van der Waals surface area (Å²) in [6, 6.07) is 10.5. The van der Waals surface area contributed by atoms with Crippen LogP contribution in [0, 0.1) is 6.92 Å². The van der Waals surface area contributed by atoms with Crippen LogP contribution in [0.25, 0.3) is 11.1 Å². The van der Waals surface area contributed by atoms with Crippen LogP contribution in [-0.2, 0) is 6.54 Å². The number of nitrogens with zero attached hydrogens (tertiary/aromatic N) is 2. The Kier molecular flexibility index (Phi) is 3.28. The Balaban J connectivity index is 1.51. The predicted molar refractivity (Wildman–Crippen MR) is 85.7 cm³/mol. The number of hydrogen-bond donors (Lipinski definition) is 0. The number of thiophene rings is 1. The van der Waals surface area contributed by atoms with Crippen molar-refractivity contribution in [2.45, 2.75) is 25.8 Å². The van der Waals surface area contributed by atoms with Crippen LogP contribution in [0.15, 0.2) is 40.1 Å². The molecule has 0 saturated carbocycles. The van der Waals surface area contributed by atoms with Gasteiger partial charge in [-0.3, -0.25) is 4.90 Å². The van der Waals surface area contributed by atoms with Crippen molar-refractivity contribution >= 4 is 22.4 Å². The second-order valence-corrected chi connectivity index (χ2v) is 6.86. The molecular formula is C17H18N2OS. The molecular weight excluding hydrogens is 280 g/mol. The maximum Gasteiger partial charge on any atom is 0.199 e. The third kappa shape index (κ3) is 2.61. The van der Waals surface area contributed by atoms with Gasteiger partial charge in [0.1, 0.15) is 5.52 Å². The smallest absolute Gasteiger partial charge is 0.199 e. The van der Waals surface area contributed by atoms with Crippen molar-refractivity contribution in [2.24, 2.45) is 0 Å². The van der Waals surface area contributed by atoms with E-state index in [1.54, 1.807) is 0 Å². The Morgan fingerprint density at radius 2 is 2.33 bits per heavy atom. The van der Waals surface area contributed by atoms with Crippen LogP contribution >= 0.6 is 11.3 Å². The van der Waals surface area contributed by atoms with Gasteiger partial charge in [-0.05, 0) is 49.0 Å². The molecule has 1 fully saturated rings. The zero-order chi connectivity index (χ0) is 14.2. The summed E-state index contributed by atoms with van der Waals surface area (Å²) in [7, 11) is 0. The van der Waals surface area contributed by atoms with Crippen LogP contribution in [0.4, 0.5) is 0 Å². The first-order valence-electron chi connectivity index (χ1n) is 7.40. The van der Waals surface area contributed by atoms with E-state index in [4.69, 9.17) is 9.40 Å². The van der Waals surface area contributed by atoms with Crippen molar-refractivity contribution in [2.75, 3.05) is 13.1 Å². The number of fused-ring (bicyclic) bond motifs is 1. The lowest BCUT2D eigenvalue weighted by Gasteiger charge is -2.13. The molecule has 1 aliphatic heterocycles. The third-order valence-corrected chi connectivity index (χ3v) is 5.00. The van der Waals surface area contributed by atoms with Crippen LogP contribution in [-0.4, -0.2) is 23.0 Å². The normalized spacial score (nSPS) is 19.6. The Morgan fingerprint density at radius 3 is 3.19 bits per heavy atom. The van der Waals surface area contributed by atoms with E-state index in [9.17, 15) is 0 Å². The Labute approximate surface area is 128 Å². The monoisotopic (exact) mass is 298 g/mol. The summed E-state index contributed by atoms with van der Waals surface area (Å²) < 4.78 is 5.96. The molecule has 108 valence electrons. The molecule has 2 aromatic heterocycles. The average Bonchev–Trinajstić information content (AvgIpc) is 3.18. The molecule has 0 bridgehead atoms. The molecule has 0 aliphatic carbocycles. The molecule has 0 radical (unpaired) electrons. The SMILES string of the molecule is Cc1ccc2oc([C@@H]3CCN(Cc4cccs4)C3)nc2c1. The number of likely N-dealkylation sites (tertiary alicyclic amines) is 1. The van der Waals surface area contributed by atoms with Gasteiger partial charge in [0.2, 0.25) is 0 Å². The highest BCUT2D eigenvalue weighted by Gasteiger charge is 2.27. The summed E-state index contributed by atoms with van der Waals surface area (Å²) in [5, 5.41) is 2.14. The van der Waals surface area contributed by atoms with Gasteiger partial charge in [0, 0.05) is 23.9 Å². The molecule has 0 amide bonds. The van der Waals surface area contributed by atoms with Gasteiger partial charge < -0.3 is 4.42 Å². The highest BCUT2D eigenvalue weighted by molar-refractivity contribution is 7.09. The number of benzene rings is 1. The quantitative estimate of drug-likeness (QED) is 0.726. The van der Waals surface area contributed by atoms with E-state index in [0.29, 0.717) is 5.92 Å². The van der Waals surface area contributed by atoms with E-state index in [1.165, 1.54) is 10.4 Å². The zero-order valence-electron chi connectivity index (χ0n) is 12.1. The lowest BCUT2D eigenvalue weighted by Crippen LogP contribution is -2.19. The summed E-state index contributed by atoms with van der Waals surface area (Å²) >= 11 is 1.83. The average molecular weight is 298 g/mol. The minimum absolute atomic E-state index is 0.428. The van der Waals surface area contributed by atoms with E-state index >= 15 is 0 Å². The standard InChI is InChI=1S/C17H18N2OS/c1-12-4-5-16-15(9-12)18-17(20-16)13-6-7-19(10-13)11-14-3-2-8-21-14/h2-5,8-9,13H,6-7,10-11H2,1H3/t13-/m1/s1. The second kappa shape index (κ2) is 5.28. The van der Waals surface area contributed by atoms with E-state index in [-0.39, 0.29) is 0 Å². The van der Waals surface area contributed by atoms with Gasteiger partial charge in [-0.2, -0.15) is 0 Å². The fraction of sp³-hybridized carbons (Fsp3) is 0.353. The summed E-state index contributed by atoms with van der Waals surface area (Å²) in [6.45, 7) is 5.31. The number of aryl methyl sites for hydroxylation is 1. The first kappa shape index (κ1) is 13.0. The third-order valence-electron chi connectivity index (χ3n) is 4.14. The number of rotatable bonds is 3. The van der Waals surface area contributed by atoms with Crippen molar-refractivity contribution < 1.29 is 4.42 Å². The fourth-order valence-corrected chi connectivity index (χ4v) is 3.78.